The lowest BCUT2D eigenvalue weighted by Gasteiger charge is -2.38. The maximum Gasteiger partial charge on any atom is 0.490 e. The van der Waals surface area contributed by atoms with Crippen LogP contribution in [0.5, 0.6) is 0 Å². The fourth-order valence-corrected chi connectivity index (χ4v) is 6.60. The lowest BCUT2D eigenvalue weighted by atomic mass is 9.77. The summed E-state index contributed by atoms with van der Waals surface area (Å²) in [5.41, 5.74) is 0.927. The van der Waals surface area contributed by atoms with Crippen molar-refractivity contribution in [3.63, 3.8) is 0 Å². The number of sulfonamides is 1. The van der Waals surface area contributed by atoms with Gasteiger partial charge in [-0.15, -0.1) is 0 Å². The van der Waals surface area contributed by atoms with E-state index in [-0.39, 0.29) is 17.6 Å². The predicted molar refractivity (Wildman–Crippen MR) is 121 cm³/mol. The fourth-order valence-electron chi connectivity index (χ4n) is 4.94. The van der Waals surface area contributed by atoms with E-state index in [2.05, 4.69) is 4.90 Å². The normalized spacial score (nSPS) is 24.2. The number of ether oxygens (including phenoxy) is 1. The Morgan fingerprint density at radius 2 is 1.71 bits per heavy atom. The van der Waals surface area contributed by atoms with Gasteiger partial charge in [-0.25, -0.2) is 13.2 Å². The molecule has 1 spiro atoms. The number of piperidine rings is 2. The molecule has 1 aromatic carbocycles. The first kappa shape index (κ1) is 27.9. The zero-order valence-corrected chi connectivity index (χ0v) is 20.5. The quantitative estimate of drug-likeness (QED) is 0.626. The number of nitrogens with zero attached hydrogens (tertiary/aromatic N) is 2. The summed E-state index contributed by atoms with van der Waals surface area (Å²) >= 11 is 0. The van der Waals surface area contributed by atoms with E-state index >= 15 is 0 Å². The second-order valence-electron chi connectivity index (χ2n) is 9.64. The zero-order chi connectivity index (χ0) is 25.9. The number of carbonyl (C=O) groups is 1. The Labute approximate surface area is 203 Å². The molecule has 1 aromatic rings. The molecule has 0 saturated carbocycles. The van der Waals surface area contributed by atoms with Crippen molar-refractivity contribution in [2.24, 2.45) is 5.41 Å². The molecule has 0 aromatic heterocycles. The van der Waals surface area contributed by atoms with E-state index in [1.54, 1.807) is 16.4 Å². The number of carboxylic acids is 1. The number of likely N-dealkylation sites (tertiary alicyclic amines) is 1. The third-order valence-corrected chi connectivity index (χ3v) is 9.10. The number of carboxylic acid groups (broad SMARTS) is 1. The molecule has 0 radical (unpaired) electrons. The van der Waals surface area contributed by atoms with Crippen LogP contribution in [-0.2, 0) is 19.6 Å². The van der Waals surface area contributed by atoms with Gasteiger partial charge >= 0.3 is 12.1 Å². The van der Waals surface area contributed by atoms with Gasteiger partial charge in [0, 0.05) is 32.7 Å². The van der Waals surface area contributed by atoms with Gasteiger partial charge in [0.1, 0.15) is 0 Å². The van der Waals surface area contributed by atoms with Crippen molar-refractivity contribution >= 4 is 16.0 Å². The number of benzene rings is 1. The Kier molecular flexibility index (Phi) is 8.85. The number of aliphatic hydroxyl groups excluding tert-OH is 1. The van der Waals surface area contributed by atoms with Crippen molar-refractivity contribution in [2.45, 2.75) is 62.3 Å². The summed E-state index contributed by atoms with van der Waals surface area (Å²) in [6.07, 6.45) is -0.542. The summed E-state index contributed by atoms with van der Waals surface area (Å²) in [4.78, 5) is 11.7. The van der Waals surface area contributed by atoms with Crippen LogP contribution in [-0.4, -0.2) is 91.5 Å². The van der Waals surface area contributed by atoms with Crippen LogP contribution in [0.3, 0.4) is 0 Å². The molecule has 0 aliphatic carbocycles. The van der Waals surface area contributed by atoms with Crippen LogP contribution in [0.25, 0.3) is 0 Å². The first-order valence-corrected chi connectivity index (χ1v) is 13.1. The molecule has 3 aliphatic heterocycles. The Hall–Kier alpha value is -1.73. The highest BCUT2D eigenvalue weighted by molar-refractivity contribution is 7.89. The Morgan fingerprint density at radius 3 is 2.26 bits per heavy atom. The molecule has 2 N–H and O–H groups in total. The van der Waals surface area contributed by atoms with Gasteiger partial charge in [0.2, 0.25) is 10.0 Å². The second kappa shape index (κ2) is 11.1. The van der Waals surface area contributed by atoms with Crippen LogP contribution >= 0.6 is 0 Å². The number of hydrogen-bond donors (Lipinski definition) is 2. The largest absolute Gasteiger partial charge is 0.490 e. The third-order valence-electron chi connectivity index (χ3n) is 7.04. The number of halogens is 3. The topological polar surface area (TPSA) is 107 Å². The molecule has 1 unspecified atom stereocenters. The summed E-state index contributed by atoms with van der Waals surface area (Å²) in [7, 11) is -3.42. The molecular weight excluding hydrogens is 489 g/mol. The standard InChI is InChI=1S/C21H32N2O4S.C2HF3O2/c1-17-4-2-3-5-20(17)28(25,26)23-12-8-21(9-13-23)14-19(27-16-21)15-22-10-6-18(24)7-11-22;3-2(4,5)1(6)7/h2-5,18-19,24H,6-16H2,1H3;(H,6,7). The minimum absolute atomic E-state index is 0.123. The van der Waals surface area contributed by atoms with E-state index in [0.717, 1.165) is 63.9 Å². The second-order valence-corrected chi connectivity index (χ2v) is 11.5. The van der Waals surface area contributed by atoms with Crippen molar-refractivity contribution < 1.29 is 41.3 Å². The summed E-state index contributed by atoms with van der Waals surface area (Å²) in [6, 6.07) is 7.23. The molecule has 1 atom stereocenters. The number of aliphatic hydroxyl groups is 1. The van der Waals surface area contributed by atoms with Crippen LogP contribution in [0.4, 0.5) is 13.2 Å². The van der Waals surface area contributed by atoms with Crippen LogP contribution in [0.15, 0.2) is 29.2 Å². The van der Waals surface area contributed by atoms with Crippen molar-refractivity contribution in [1.82, 2.24) is 9.21 Å². The number of alkyl halides is 3. The Morgan fingerprint density at radius 1 is 1.14 bits per heavy atom. The van der Waals surface area contributed by atoms with E-state index in [9.17, 15) is 26.7 Å². The van der Waals surface area contributed by atoms with E-state index in [0.29, 0.717) is 18.0 Å². The molecular formula is C23H33F3N2O6S. The van der Waals surface area contributed by atoms with Crippen LogP contribution in [0.1, 0.15) is 37.7 Å². The lowest BCUT2D eigenvalue weighted by Crippen LogP contribution is -2.44. The van der Waals surface area contributed by atoms with E-state index < -0.39 is 22.2 Å². The molecule has 35 heavy (non-hydrogen) atoms. The van der Waals surface area contributed by atoms with Crippen LogP contribution < -0.4 is 0 Å². The molecule has 198 valence electrons. The van der Waals surface area contributed by atoms with Crippen LogP contribution in [0, 0.1) is 12.3 Å². The molecule has 3 aliphatic rings. The molecule has 3 saturated heterocycles. The van der Waals surface area contributed by atoms with Crippen molar-refractivity contribution in [1.29, 1.82) is 0 Å². The van der Waals surface area contributed by atoms with Crippen molar-refractivity contribution in [3.8, 4) is 0 Å². The van der Waals surface area contributed by atoms with Gasteiger partial charge in [0.05, 0.1) is 23.7 Å². The lowest BCUT2D eigenvalue weighted by molar-refractivity contribution is -0.192. The highest BCUT2D eigenvalue weighted by atomic mass is 32.2. The number of rotatable bonds is 4. The van der Waals surface area contributed by atoms with E-state index in [1.807, 2.05) is 19.1 Å². The summed E-state index contributed by atoms with van der Waals surface area (Å²) < 4.78 is 65.6. The van der Waals surface area contributed by atoms with Gasteiger partial charge in [0.25, 0.3) is 0 Å². The van der Waals surface area contributed by atoms with E-state index in [4.69, 9.17) is 14.6 Å². The van der Waals surface area contributed by atoms with Gasteiger partial charge in [-0.05, 0) is 56.1 Å². The van der Waals surface area contributed by atoms with Crippen molar-refractivity contribution in [3.05, 3.63) is 29.8 Å². The first-order chi connectivity index (χ1) is 16.3. The first-order valence-electron chi connectivity index (χ1n) is 11.7. The molecule has 12 heteroatoms. The average Bonchev–Trinajstić information content (AvgIpc) is 3.17. The third kappa shape index (κ3) is 7.16. The summed E-state index contributed by atoms with van der Waals surface area (Å²) in [5, 5.41) is 16.8. The maximum absolute atomic E-state index is 13.0. The summed E-state index contributed by atoms with van der Waals surface area (Å²) in [6.45, 7) is 6.55. The van der Waals surface area contributed by atoms with Gasteiger partial charge in [0.15, 0.2) is 0 Å². The molecule has 3 heterocycles. The Balaban J connectivity index is 0.000000429. The minimum atomic E-state index is -5.08. The molecule has 4 rings (SSSR count). The fraction of sp³-hybridized carbons (Fsp3) is 0.696. The summed E-state index contributed by atoms with van der Waals surface area (Å²) in [5.74, 6) is -2.76. The van der Waals surface area contributed by atoms with Gasteiger partial charge in [-0.1, -0.05) is 18.2 Å². The molecule has 3 fully saturated rings. The average molecular weight is 523 g/mol. The number of aliphatic carboxylic acids is 1. The van der Waals surface area contributed by atoms with Crippen LogP contribution in [0.2, 0.25) is 0 Å². The van der Waals surface area contributed by atoms with E-state index in [1.165, 1.54) is 0 Å². The number of hydrogen-bond acceptors (Lipinski definition) is 6. The highest BCUT2D eigenvalue weighted by Gasteiger charge is 2.45. The highest BCUT2D eigenvalue weighted by Crippen LogP contribution is 2.43. The zero-order valence-electron chi connectivity index (χ0n) is 19.7. The van der Waals surface area contributed by atoms with Gasteiger partial charge < -0.3 is 19.8 Å². The Bertz CT molecular complexity index is 972. The van der Waals surface area contributed by atoms with Crippen molar-refractivity contribution in [2.75, 3.05) is 39.3 Å². The molecule has 0 bridgehead atoms. The SMILES string of the molecule is Cc1ccccc1S(=O)(=O)N1CCC2(CC1)COC(CN1CCC(O)CC1)C2.O=C(O)C(F)(F)F. The maximum atomic E-state index is 13.0. The number of aryl methyl sites for hydroxylation is 1. The van der Waals surface area contributed by atoms with Gasteiger partial charge in [-0.2, -0.15) is 17.5 Å². The minimum Gasteiger partial charge on any atom is -0.475 e. The molecule has 8 nitrogen and oxygen atoms in total. The predicted octanol–water partition coefficient (Wildman–Crippen LogP) is 2.64. The monoisotopic (exact) mass is 522 g/mol. The van der Waals surface area contributed by atoms with Gasteiger partial charge in [-0.3, -0.25) is 0 Å². The smallest absolute Gasteiger partial charge is 0.475 e. The molecule has 0 amide bonds.